The number of nitrogens with one attached hydrogen (secondary N) is 1. The quantitative estimate of drug-likeness (QED) is 0.641. The summed E-state index contributed by atoms with van der Waals surface area (Å²) in [7, 11) is 0. The van der Waals surface area contributed by atoms with Crippen LogP contribution in [-0.2, 0) is 4.79 Å². The van der Waals surface area contributed by atoms with Gasteiger partial charge in [0.05, 0.1) is 10.6 Å². The number of fused-ring (bicyclic) bond motifs is 1. The van der Waals surface area contributed by atoms with E-state index in [-0.39, 0.29) is 11.8 Å². The molecule has 29 heavy (non-hydrogen) atoms. The van der Waals surface area contributed by atoms with Crippen molar-refractivity contribution in [3.63, 3.8) is 0 Å². The van der Waals surface area contributed by atoms with Crippen LogP contribution in [-0.4, -0.2) is 29.8 Å². The van der Waals surface area contributed by atoms with Crippen molar-refractivity contribution in [2.75, 3.05) is 18.4 Å². The molecule has 0 radical (unpaired) electrons. The Morgan fingerprint density at radius 2 is 1.93 bits per heavy atom. The third-order valence-electron chi connectivity index (χ3n) is 5.22. The first-order valence-electron chi connectivity index (χ1n) is 9.79. The zero-order valence-corrected chi connectivity index (χ0v) is 18.0. The number of likely N-dealkylation sites (tertiary alicyclic amines) is 1. The number of amides is 2. The van der Waals surface area contributed by atoms with E-state index in [0.29, 0.717) is 33.0 Å². The summed E-state index contributed by atoms with van der Waals surface area (Å²) in [5, 5.41) is 3.56. The lowest BCUT2D eigenvalue weighted by atomic mass is 9.91. The molecule has 1 saturated heterocycles. The monoisotopic (exact) mass is 426 g/mol. The van der Waals surface area contributed by atoms with Gasteiger partial charge in [0, 0.05) is 28.6 Å². The lowest BCUT2D eigenvalue weighted by molar-refractivity contribution is -0.112. The van der Waals surface area contributed by atoms with Gasteiger partial charge in [0.15, 0.2) is 0 Å². The molecule has 0 aromatic heterocycles. The van der Waals surface area contributed by atoms with E-state index in [1.165, 1.54) is 11.8 Å². The molecule has 2 amide bonds. The summed E-state index contributed by atoms with van der Waals surface area (Å²) in [6.07, 6.45) is 2.98. The number of hydrogen-bond acceptors (Lipinski definition) is 3. The number of carbonyl (C=O) groups excluding carboxylic acids is 2. The molecule has 0 bridgehead atoms. The van der Waals surface area contributed by atoms with Gasteiger partial charge in [-0.3, -0.25) is 9.59 Å². The highest BCUT2D eigenvalue weighted by Crippen LogP contribution is 2.39. The van der Waals surface area contributed by atoms with Crippen LogP contribution in [0.1, 0.15) is 36.2 Å². The summed E-state index contributed by atoms with van der Waals surface area (Å²) in [4.78, 5) is 29.0. The minimum atomic E-state index is -0.174. The minimum Gasteiger partial charge on any atom is -0.338 e. The van der Waals surface area contributed by atoms with E-state index in [2.05, 4.69) is 19.2 Å². The van der Waals surface area contributed by atoms with Crippen LogP contribution in [0, 0.1) is 11.8 Å². The molecule has 2 aromatic rings. The van der Waals surface area contributed by atoms with E-state index < -0.39 is 0 Å². The van der Waals surface area contributed by atoms with E-state index in [1.54, 1.807) is 12.1 Å². The third-order valence-corrected chi connectivity index (χ3v) is 6.56. The Morgan fingerprint density at radius 3 is 2.66 bits per heavy atom. The maximum absolute atomic E-state index is 13.0. The maximum Gasteiger partial charge on any atom is 0.262 e. The summed E-state index contributed by atoms with van der Waals surface area (Å²) >= 11 is 7.44. The summed E-state index contributed by atoms with van der Waals surface area (Å²) in [5.41, 5.74) is 2.18. The highest BCUT2D eigenvalue weighted by Gasteiger charge is 2.28. The molecule has 150 valence electrons. The van der Waals surface area contributed by atoms with E-state index in [1.807, 2.05) is 41.3 Å². The maximum atomic E-state index is 13.0. The van der Waals surface area contributed by atoms with Crippen molar-refractivity contribution in [3.8, 4) is 0 Å². The fraction of sp³-hybridized carbons (Fsp3) is 0.304. The van der Waals surface area contributed by atoms with E-state index in [9.17, 15) is 9.59 Å². The molecule has 2 atom stereocenters. The second-order valence-corrected chi connectivity index (χ2v) is 9.51. The van der Waals surface area contributed by atoms with Gasteiger partial charge >= 0.3 is 0 Å². The average Bonchev–Trinajstić information content (AvgIpc) is 2.67. The van der Waals surface area contributed by atoms with Crippen LogP contribution < -0.4 is 5.32 Å². The zero-order valence-electron chi connectivity index (χ0n) is 16.4. The lowest BCUT2D eigenvalue weighted by Gasteiger charge is -2.35. The zero-order chi connectivity index (χ0) is 20.5. The molecule has 6 heteroatoms. The van der Waals surface area contributed by atoms with Crippen molar-refractivity contribution in [2.45, 2.75) is 25.2 Å². The molecular formula is C23H23ClN2O2S. The van der Waals surface area contributed by atoms with Gasteiger partial charge in [-0.1, -0.05) is 49.3 Å². The molecule has 0 aliphatic carbocycles. The molecule has 0 spiro atoms. The van der Waals surface area contributed by atoms with Gasteiger partial charge in [0.25, 0.3) is 11.8 Å². The van der Waals surface area contributed by atoms with Crippen LogP contribution in [0.3, 0.4) is 0 Å². The molecule has 2 unspecified atom stereocenters. The second-order valence-electron chi connectivity index (χ2n) is 7.99. The van der Waals surface area contributed by atoms with Crippen LogP contribution in [0.25, 0.3) is 6.08 Å². The standard InChI is InChI=1S/C23H23ClN2O2S/c1-14-8-15(2)13-26(12-14)23(28)17-6-7-20-19(11-17)25-22(27)21(29-20)10-16-4-3-5-18(24)9-16/h3-7,9-11,14-15H,8,12-13H2,1-2H3,(H,25,27). The highest BCUT2D eigenvalue weighted by atomic mass is 35.5. The SMILES string of the molecule is CC1CC(C)CN(C(=O)c2ccc3c(c2)NC(=O)C(=Cc2cccc(Cl)c2)S3)C1. The van der Waals surface area contributed by atoms with Crippen molar-refractivity contribution in [1.29, 1.82) is 0 Å². The summed E-state index contributed by atoms with van der Waals surface area (Å²) in [5.74, 6) is 0.877. The van der Waals surface area contributed by atoms with Gasteiger partial charge < -0.3 is 10.2 Å². The molecule has 2 aliphatic rings. The van der Waals surface area contributed by atoms with Gasteiger partial charge in [-0.05, 0) is 60.2 Å². The Balaban J connectivity index is 1.56. The van der Waals surface area contributed by atoms with Crippen molar-refractivity contribution in [2.24, 2.45) is 11.8 Å². The Labute approximate surface area is 180 Å². The molecule has 4 nitrogen and oxygen atoms in total. The number of nitrogens with zero attached hydrogens (tertiary/aromatic N) is 1. The Bertz CT molecular complexity index is 994. The molecule has 0 saturated carbocycles. The largest absolute Gasteiger partial charge is 0.338 e. The Kier molecular flexibility index (Phi) is 5.70. The van der Waals surface area contributed by atoms with Crippen molar-refractivity contribution < 1.29 is 9.59 Å². The summed E-state index contributed by atoms with van der Waals surface area (Å²) in [6, 6.07) is 12.9. The molecule has 2 aliphatic heterocycles. The minimum absolute atomic E-state index is 0.0331. The molecule has 2 heterocycles. The third kappa shape index (κ3) is 4.51. The second kappa shape index (κ2) is 8.25. The van der Waals surface area contributed by atoms with Crippen LogP contribution in [0.15, 0.2) is 52.3 Å². The number of carbonyl (C=O) groups is 2. The first kappa shape index (κ1) is 20.0. The average molecular weight is 427 g/mol. The van der Waals surface area contributed by atoms with E-state index >= 15 is 0 Å². The molecule has 2 aromatic carbocycles. The van der Waals surface area contributed by atoms with E-state index in [0.717, 1.165) is 30.0 Å². The highest BCUT2D eigenvalue weighted by molar-refractivity contribution is 8.04. The predicted molar refractivity (Wildman–Crippen MR) is 119 cm³/mol. The van der Waals surface area contributed by atoms with Gasteiger partial charge in [0.1, 0.15) is 0 Å². The first-order valence-corrected chi connectivity index (χ1v) is 11.0. The number of hydrogen-bond donors (Lipinski definition) is 1. The van der Waals surface area contributed by atoms with Gasteiger partial charge in [-0.25, -0.2) is 0 Å². The smallest absolute Gasteiger partial charge is 0.262 e. The summed E-state index contributed by atoms with van der Waals surface area (Å²) in [6.45, 7) is 5.95. The fourth-order valence-electron chi connectivity index (χ4n) is 4.05. The molecular weight excluding hydrogens is 404 g/mol. The van der Waals surface area contributed by atoms with Crippen molar-refractivity contribution >= 4 is 46.9 Å². The molecule has 4 rings (SSSR count). The number of piperidine rings is 1. The lowest BCUT2D eigenvalue weighted by Crippen LogP contribution is -2.42. The van der Waals surface area contributed by atoms with Gasteiger partial charge in [0.2, 0.25) is 0 Å². The predicted octanol–water partition coefficient (Wildman–Crippen LogP) is 5.54. The van der Waals surface area contributed by atoms with Crippen LogP contribution >= 0.6 is 23.4 Å². The van der Waals surface area contributed by atoms with Crippen LogP contribution in [0.4, 0.5) is 5.69 Å². The Hall–Kier alpha value is -2.24. The topological polar surface area (TPSA) is 49.4 Å². The van der Waals surface area contributed by atoms with Crippen molar-refractivity contribution in [3.05, 3.63) is 63.5 Å². The Morgan fingerprint density at radius 1 is 1.17 bits per heavy atom. The number of thioether (sulfide) groups is 1. The first-order chi connectivity index (χ1) is 13.9. The van der Waals surface area contributed by atoms with Gasteiger partial charge in [-0.2, -0.15) is 0 Å². The fourth-order valence-corrected chi connectivity index (χ4v) is 5.18. The number of rotatable bonds is 2. The van der Waals surface area contributed by atoms with Crippen LogP contribution in [0.2, 0.25) is 5.02 Å². The molecule has 1 N–H and O–H groups in total. The summed E-state index contributed by atoms with van der Waals surface area (Å²) < 4.78 is 0. The number of benzene rings is 2. The normalized spacial score (nSPS) is 22.9. The molecule has 1 fully saturated rings. The van der Waals surface area contributed by atoms with E-state index in [4.69, 9.17) is 11.6 Å². The van der Waals surface area contributed by atoms with Crippen LogP contribution in [0.5, 0.6) is 0 Å². The number of anilines is 1. The number of halogens is 1. The van der Waals surface area contributed by atoms with Crippen molar-refractivity contribution in [1.82, 2.24) is 4.90 Å². The van der Waals surface area contributed by atoms with Gasteiger partial charge in [-0.15, -0.1) is 0 Å².